The van der Waals surface area contributed by atoms with Crippen LogP contribution in [0.25, 0.3) is 21.8 Å². The quantitative estimate of drug-likeness (QED) is 0.0659. The van der Waals surface area contributed by atoms with Crippen LogP contribution in [-0.2, 0) is 40.2 Å². The molecule has 2 atom stereocenters. The van der Waals surface area contributed by atoms with Crippen LogP contribution in [-0.4, -0.2) is 139 Å². The van der Waals surface area contributed by atoms with Crippen molar-refractivity contribution in [2.24, 2.45) is 11.8 Å². The molecule has 0 bridgehead atoms. The zero-order valence-corrected chi connectivity index (χ0v) is 42.8. The second-order valence-corrected chi connectivity index (χ2v) is 25.3. The summed E-state index contributed by atoms with van der Waals surface area (Å²) in [4.78, 5) is 93.1. The number of rotatable bonds is 11. The largest absolute Gasteiger partial charge is 0.383 e. The maximum absolute atomic E-state index is 13.5. The molecule has 2 aromatic carbocycles. The van der Waals surface area contributed by atoms with Gasteiger partial charge in [-0.25, -0.2) is 14.6 Å². The first-order valence-electron chi connectivity index (χ1n) is 24.0. The Balaban J connectivity index is 0.000000216. The van der Waals surface area contributed by atoms with Crippen LogP contribution < -0.4 is 22.1 Å². The Morgan fingerprint density at radius 3 is 1.67 bits per heavy atom. The normalized spacial score (nSPS) is 16.2. The molecule has 22 heteroatoms. The molecule has 6 amide bonds. The number of aromatic nitrogens is 6. The van der Waals surface area contributed by atoms with Gasteiger partial charge >= 0.3 is 23.6 Å². The Morgan fingerprint density at radius 2 is 1.17 bits per heavy atom. The van der Waals surface area contributed by atoms with E-state index in [0.717, 1.165) is 17.2 Å². The number of carbonyl (C=O) groups is 6. The molecule has 2 fully saturated rings. The van der Waals surface area contributed by atoms with E-state index in [0.29, 0.717) is 66.0 Å². The minimum atomic E-state index is -1.26. The van der Waals surface area contributed by atoms with Gasteiger partial charge in [-0.3, -0.25) is 33.9 Å². The number of hydrogen-bond acceptors (Lipinski definition) is 13. The van der Waals surface area contributed by atoms with Gasteiger partial charge in [0.1, 0.15) is 18.4 Å². The summed E-state index contributed by atoms with van der Waals surface area (Å²) < 4.78 is 7.48. The van der Waals surface area contributed by atoms with E-state index in [1.165, 1.54) is 28.4 Å². The number of fused-ring (bicyclic) bond motifs is 2. The third-order valence-corrected chi connectivity index (χ3v) is 14.3. The number of ether oxygens (including phenoxy) is 1. The van der Waals surface area contributed by atoms with Crippen molar-refractivity contribution in [3.63, 3.8) is 0 Å². The van der Waals surface area contributed by atoms with Crippen LogP contribution in [0.2, 0.25) is 25.7 Å². The average Bonchev–Trinajstić information content (AvgIpc) is 4.06. The van der Waals surface area contributed by atoms with Crippen LogP contribution in [0.1, 0.15) is 50.9 Å². The molecular formula is C50H64N14O7Si. The summed E-state index contributed by atoms with van der Waals surface area (Å²) in [6, 6.07) is 19.0. The lowest BCUT2D eigenvalue weighted by molar-refractivity contribution is -0.150. The molecular weight excluding hydrogens is 937 g/mol. The number of hydrogen-bond donors (Lipinski definition) is 5. The van der Waals surface area contributed by atoms with Crippen molar-refractivity contribution in [2.75, 3.05) is 68.0 Å². The van der Waals surface area contributed by atoms with E-state index >= 15 is 0 Å². The zero-order valence-electron chi connectivity index (χ0n) is 41.8. The Hall–Kier alpha value is -7.72. The van der Waals surface area contributed by atoms with Crippen LogP contribution in [0.5, 0.6) is 0 Å². The molecule has 0 spiro atoms. The third kappa shape index (κ3) is 12.1. The number of piperazine rings is 2. The van der Waals surface area contributed by atoms with E-state index in [9.17, 15) is 28.8 Å². The van der Waals surface area contributed by atoms with Gasteiger partial charge in [-0.15, -0.1) is 0 Å². The molecule has 6 aromatic rings. The van der Waals surface area contributed by atoms with Crippen LogP contribution in [0, 0.1) is 11.8 Å². The molecule has 8 rings (SSSR count). The summed E-state index contributed by atoms with van der Waals surface area (Å²) >= 11 is 0. The third-order valence-electron chi connectivity index (χ3n) is 12.6. The van der Waals surface area contributed by atoms with Gasteiger partial charge in [0.25, 0.3) is 0 Å². The van der Waals surface area contributed by atoms with Crippen LogP contribution in [0.3, 0.4) is 0 Å². The molecule has 72 heavy (non-hydrogen) atoms. The topological polar surface area (TPSA) is 273 Å². The fourth-order valence-electron chi connectivity index (χ4n) is 8.61. The summed E-state index contributed by atoms with van der Waals surface area (Å²) in [6.45, 7) is 16.9. The highest BCUT2D eigenvalue weighted by Crippen LogP contribution is 2.31. The van der Waals surface area contributed by atoms with Gasteiger partial charge in [-0.1, -0.05) is 108 Å². The van der Waals surface area contributed by atoms with Crippen molar-refractivity contribution in [1.29, 1.82) is 0 Å². The first-order chi connectivity index (χ1) is 34.3. The Kier molecular flexibility index (Phi) is 16.3. The number of nitrogens with two attached hydrogens (primary N) is 2. The number of amides is 6. The molecule has 0 aliphatic carbocycles. The Labute approximate surface area is 418 Å². The molecule has 0 saturated carbocycles. The maximum Gasteiger partial charge on any atom is 0.314 e. The van der Waals surface area contributed by atoms with E-state index in [-0.39, 0.29) is 55.1 Å². The number of anilines is 4. The second-order valence-electron chi connectivity index (χ2n) is 19.7. The predicted octanol–water partition coefficient (Wildman–Crippen LogP) is 4.88. The van der Waals surface area contributed by atoms with Crippen molar-refractivity contribution in [1.82, 2.24) is 49.5 Å². The summed E-state index contributed by atoms with van der Waals surface area (Å²) in [7, 11) is -1.26. The minimum absolute atomic E-state index is 0.0214. The lowest BCUT2D eigenvalue weighted by Crippen LogP contribution is -2.55. The monoisotopic (exact) mass is 1000 g/mol. The zero-order chi connectivity index (χ0) is 51.9. The standard InChI is InChI=1S/C28H39N7O4Si.C22H25N7O3/c1-19(2)27(37)33-11-12-34(23(17-33)20-9-7-6-8-10-20)28(38)26(36)32-22-16-30-25(29)21-15-31-35(24(21)22)18-39-13-14-40(3,4)5;1-13(2)21(31)28-8-9-29(17(12-28)14-6-4-3-5-7-14)22(32)20(30)26-16-11-24-19(23)15-10-25-27-18(15)16/h6-10,15-16,19,23H,11-14,17-18H2,1-5H3,(H2,29,30)(H,32,36);3-7,10-11,13,17H,8-9,12H2,1-2H3,(H2,23,24)(H,25,27)(H,26,30)/t;17-/m.1/s1. The predicted molar refractivity (Wildman–Crippen MR) is 276 cm³/mol. The SMILES string of the molecule is CC(C)C(=O)N1CCN(C(=O)C(=O)Nc2cnc(N)c3cn[nH]c23)[C@@H](c2ccccc2)C1.CC(C)C(=O)N1CCN(C(=O)C(=O)Nc2cnc(N)c3cnn(COCC[Si](C)(C)C)c23)C(c2ccccc2)C1. The molecule has 380 valence electrons. The van der Waals surface area contributed by atoms with Crippen LogP contribution >= 0.6 is 0 Å². The molecule has 6 heterocycles. The Morgan fingerprint density at radius 1 is 0.681 bits per heavy atom. The molecule has 21 nitrogen and oxygen atoms in total. The molecule has 1 unspecified atom stereocenters. The number of H-pyrrole nitrogens is 1. The highest BCUT2D eigenvalue weighted by Gasteiger charge is 2.38. The minimum Gasteiger partial charge on any atom is -0.383 e. The van der Waals surface area contributed by atoms with E-state index < -0.39 is 43.8 Å². The molecule has 0 radical (unpaired) electrons. The lowest BCUT2D eigenvalue weighted by atomic mass is 10.0. The van der Waals surface area contributed by atoms with Crippen LogP contribution in [0.4, 0.5) is 23.0 Å². The van der Waals surface area contributed by atoms with E-state index in [4.69, 9.17) is 16.2 Å². The van der Waals surface area contributed by atoms with Gasteiger partial charge in [0.2, 0.25) is 11.8 Å². The summed E-state index contributed by atoms with van der Waals surface area (Å²) in [5.41, 5.74) is 15.3. The van der Waals surface area contributed by atoms with Crippen molar-refractivity contribution in [3.05, 3.63) is 96.6 Å². The van der Waals surface area contributed by atoms with Gasteiger partial charge in [-0.2, -0.15) is 10.2 Å². The fraction of sp³-hybridized carbons (Fsp3) is 0.400. The highest BCUT2D eigenvalue weighted by atomic mass is 28.3. The lowest BCUT2D eigenvalue weighted by Gasteiger charge is -2.42. The molecule has 2 aliphatic heterocycles. The van der Waals surface area contributed by atoms with Crippen molar-refractivity contribution in [3.8, 4) is 0 Å². The van der Waals surface area contributed by atoms with Gasteiger partial charge in [0.15, 0.2) is 0 Å². The summed E-state index contributed by atoms with van der Waals surface area (Å²) in [5.74, 6) is -2.69. The number of benzene rings is 2. The van der Waals surface area contributed by atoms with E-state index in [1.54, 1.807) is 20.7 Å². The number of nitrogens with one attached hydrogen (secondary N) is 3. The number of nitrogen functional groups attached to an aromatic ring is 2. The fourth-order valence-corrected chi connectivity index (χ4v) is 9.36. The smallest absolute Gasteiger partial charge is 0.314 e. The van der Waals surface area contributed by atoms with E-state index in [2.05, 4.69) is 55.5 Å². The van der Waals surface area contributed by atoms with E-state index in [1.807, 2.05) is 88.4 Å². The maximum atomic E-state index is 13.5. The van der Waals surface area contributed by atoms with Gasteiger partial charge in [0, 0.05) is 65.8 Å². The highest BCUT2D eigenvalue weighted by molar-refractivity contribution is 6.76. The number of pyridine rings is 2. The van der Waals surface area contributed by atoms with Gasteiger partial charge < -0.3 is 46.4 Å². The number of aromatic amines is 1. The summed E-state index contributed by atoms with van der Waals surface area (Å²) in [5, 5.41) is 17.5. The number of nitrogens with zero attached hydrogens (tertiary/aromatic N) is 9. The average molecular weight is 1000 g/mol. The first kappa shape index (κ1) is 52.1. The molecule has 4 aromatic heterocycles. The molecule has 7 N–H and O–H groups in total. The van der Waals surface area contributed by atoms with Crippen LogP contribution in [0.15, 0.2) is 85.5 Å². The molecule has 2 saturated heterocycles. The Bertz CT molecular complexity index is 2920. The van der Waals surface area contributed by atoms with Gasteiger partial charge in [0.05, 0.1) is 70.1 Å². The van der Waals surface area contributed by atoms with Gasteiger partial charge in [-0.05, 0) is 17.2 Å². The van der Waals surface area contributed by atoms with Crippen molar-refractivity contribution >= 4 is 88.3 Å². The first-order valence-corrected chi connectivity index (χ1v) is 27.7. The molecule has 2 aliphatic rings. The van der Waals surface area contributed by atoms with Crippen molar-refractivity contribution < 1.29 is 33.5 Å². The number of carbonyl (C=O) groups excluding carboxylic acids is 6. The van der Waals surface area contributed by atoms with Crippen molar-refractivity contribution in [2.45, 2.75) is 72.2 Å². The second kappa shape index (κ2) is 22.6. The summed E-state index contributed by atoms with van der Waals surface area (Å²) in [6.07, 6.45) is 5.89.